The molecular formula is C18H15N3O4S. The summed E-state index contributed by atoms with van der Waals surface area (Å²) in [4.78, 5) is 27.0. The van der Waals surface area contributed by atoms with Crippen molar-refractivity contribution in [2.75, 3.05) is 5.32 Å². The summed E-state index contributed by atoms with van der Waals surface area (Å²) >= 11 is 1.55. The van der Waals surface area contributed by atoms with Gasteiger partial charge in [0.1, 0.15) is 12.4 Å². The largest absolute Gasteiger partial charge is 0.487 e. The van der Waals surface area contributed by atoms with E-state index in [0.717, 1.165) is 10.7 Å². The number of nitro groups is 1. The normalized spacial score (nSPS) is 10.3. The summed E-state index contributed by atoms with van der Waals surface area (Å²) in [6, 6.07) is 12.5. The van der Waals surface area contributed by atoms with E-state index in [1.807, 2.05) is 12.3 Å². The van der Waals surface area contributed by atoms with E-state index in [1.165, 1.54) is 18.2 Å². The van der Waals surface area contributed by atoms with Gasteiger partial charge < -0.3 is 10.1 Å². The Morgan fingerprint density at radius 2 is 2.08 bits per heavy atom. The number of aromatic nitrogens is 1. The van der Waals surface area contributed by atoms with Crippen molar-refractivity contribution < 1.29 is 14.5 Å². The molecule has 0 bridgehead atoms. The van der Waals surface area contributed by atoms with E-state index in [-0.39, 0.29) is 11.6 Å². The third-order valence-corrected chi connectivity index (χ3v) is 4.29. The third-order valence-electron chi connectivity index (χ3n) is 3.46. The summed E-state index contributed by atoms with van der Waals surface area (Å²) < 4.78 is 5.67. The van der Waals surface area contributed by atoms with Gasteiger partial charge in [-0.25, -0.2) is 4.98 Å². The summed E-state index contributed by atoms with van der Waals surface area (Å²) in [6.45, 7) is 2.24. The van der Waals surface area contributed by atoms with Crippen LogP contribution in [0.3, 0.4) is 0 Å². The highest BCUT2D eigenvalue weighted by Crippen LogP contribution is 2.20. The van der Waals surface area contributed by atoms with Gasteiger partial charge in [0.05, 0.1) is 15.6 Å². The van der Waals surface area contributed by atoms with Crippen LogP contribution in [0.15, 0.2) is 53.9 Å². The molecule has 0 atom stereocenters. The number of nitro benzene ring substituents is 1. The second-order valence-corrected chi connectivity index (χ2v) is 6.50. The zero-order chi connectivity index (χ0) is 18.5. The number of nitrogens with one attached hydrogen (secondary N) is 1. The molecule has 1 heterocycles. The average Bonchev–Trinajstić information content (AvgIpc) is 3.06. The Hall–Kier alpha value is -3.26. The van der Waals surface area contributed by atoms with Crippen LogP contribution in [-0.4, -0.2) is 15.8 Å². The molecular weight excluding hydrogens is 354 g/mol. The lowest BCUT2D eigenvalue weighted by atomic mass is 10.2. The summed E-state index contributed by atoms with van der Waals surface area (Å²) in [5.41, 5.74) is 1.49. The van der Waals surface area contributed by atoms with Gasteiger partial charge in [-0.3, -0.25) is 14.9 Å². The fourth-order valence-corrected chi connectivity index (χ4v) is 2.86. The molecule has 0 saturated carbocycles. The first kappa shape index (κ1) is 17.6. The Morgan fingerprint density at radius 3 is 2.81 bits per heavy atom. The van der Waals surface area contributed by atoms with Crippen molar-refractivity contribution in [3.05, 3.63) is 80.3 Å². The predicted octanol–water partition coefficient (Wildman–Crippen LogP) is 4.19. The van der Waals surface area contributed by atoms with Crippen molar-refractivity contribution in [3.8, 4) is 5.75 Å². The molecule has 0 aliphatic rings. The summed E-state index contributed by atoms with van der Waals surface area (Å²) in [5, 5.41) is 16.4. The summed E-state index contributed by atoms with van der Waals surface area (Å²) in [5.74, 6) is 0.169. The van der Waals surface area contributed by atoms with Gasteiger partial charge in [0.25, 0.3) is 11.6 Å². The molecule has 0 unspecified atom stereocenters. The lowest BCUT2D eigenvalue weighted by Crippen LogP contribution is -2.12. The molecule has 3 rings (SSSR count). The molecule has 8 heteroatoms. The molecule has 0 saturated heterocycles. The van der Waals surface area contributed by atoms with Crippen LogP contribution in [0.4, 0.5) is 11.4 Å². The first-order valence-electron chi connectivity index (χ1n) is 7.71. The molecule has 7 nitrogen and oxygen atoms in total. The van der Waals surface area contributed by atoms with Crippen LogP contribution in [0.5, 0.6) is 5.75 Å². The number of rotatable bonds is 6. The van der Waals surface area contributed by atoms with Crippen molar-refractivity contribution >= 4 is 28.6 Å². The molecule has 1 amide bonds. The number of carbonyl (C=O) groups excluding carboxylic acids is 1. The van der Waals surface area contributed by atoms with Crippen molar-refractivity contribution in [1.82, 2.24) is 4.98 Å². The van der Waals surface area contributed by atoms with Gasteiger partial charge in [-0.15, -0.1) is 11.3 Å². The fourth-order valence-electron chi connectivity index (χ4n) is 2.26. The summed E-state index contributed by atoms with van der Waals surface area (Å²) in [7, 11) is 0. The molecule has 0 aliphatic carbocycles. The van der Waals surface area contributed by atoms with Crippen LogP contribution < -0.4 is 10.1 Å². The number of ether oxygens (including phenoxy) is 1. The lowest BCUT2D eigenvalue weighted by Gasteiger charge is -2.08. The molecule has 2 aromatic carbocycles. The Balaban J connectivity index is 1.68. The van der Waals surface area contributed by atoms with Crippen LogP contribution >= 0.6 is 11.3 Å². The van der Waals surface area contributed by atoms with E-state index in [1.54, 1.807) is 41.7 Å². The van der Waals surface area contributed by atoms with Gasteiger partial charge in [-0.2, -0.15) is 0 Å². The summed E-state index contributed by atoms with van der Waals surface area (Å²) in [6.07, 6.45) is 0. The number of non-ortho nitro benzene ring substituents is 1. The molecule has 1 N–H and O–H groups in total. The Morgan fingerprint density at radius 1 is 1.27 bits per heavy atom. The second-order valence-electron chi connectivity index (χ2n) is 5.44. The van der Waals surface area contributed by atoms with Crippen LogP contribution in [0.2, 0.25) is 0 Å². The van der Waals surface area contributed by atoms with Gasteiger partial charge in [-0.05, 0) is 31.2 Å². The number of aryl methyl sites for hydroxylation is 1. The smallest absolute Gasteiger partial charge is 0.271 e. The highest BCUT2D eigenvalue weighted by atomic mass is 32.1. The Bertz CT molecular complexity index is 955. The minimum Gasteiger partial charge on any atom is -0.487 e. The van der Waals surface area contributed by atoms with Crippen molar-refractivity contribution in [3.63, 3.8) is 0 Å². The topological polar surface area (TPSA) is 94.4 Å². The van der Waals surface area contributed by atoms with Crippen molar-refractivity contribution in [2.45, 2.75) is 13.5 Å². The Kier molecular flexibility index (Phi) is 5.23. The van der Waals surface area contributed by atoms with E-state index >= 15 is 0 Å². The number of thiazole rings is 1. The van der Waals surface area contributed by atoms with Crippen LogP contribution in [-0.2, 0) is 6.61 Å². The van der Waals surface area contributed by atoms with E-state index in [4.69, 9.17) is 4.74 Å². The number of amides is 1. The van der Waals surface area contributed by atoms with Crippen molar-refractivity contribution in [1.29, 1.82) is 0 Å². The first-order chi connectivity index (χ1) is 12.5. The number of carbonyl (C=O) groups is 1. The number of nitrogens with zero attached hydrogens (tertiary/aromatic N) is 2. The first-order valence-corrected chi connectivity index (χ1v) is 8.59. The lowest BCUT2D eigenvalue weighted by molar-refractivity contribution is -0.384. The quantitative estimate of drug-likeness (QED) is 0.519. The minimum atomic E-state index is -0.510. The average molecular weight is 369 g/mol. The van der Waals surface area contributed by atoms with Gasteiger partial charge in [0.15, 0.2) is 0 Å². The van der Waals surface area contributed by atoms with Gasteiger partial charge in [0, 0.05) is 28.8 Å². The number of hydrogen-bond acceptors (Lipinski definition) is 6. The third kappa shape index (κ3) is 4.42. The van der Waals surface area contributed by atoms with E-state index in [0.29, 0.717) is 23.6 Å². The number of anilines is 1. The monoisotopic (exact) mass is 369 g/mol. The van der Waals surface area contributed by atoms with Gasteiger partial charge in [-0.1, -0.05) is 12.1 Å². The van der Waals surface area contributed by atoms with E-state index in [9.17, 15) is 14.9 Å². The zero-order valence-corrected chi connectivity index (χ0v) is 14.7. The molecule has 132 valence electrons. The molecule has 0 fully saturated rings. The molecule has 1 aromatic heterocycles. The maximum absolute atomic E-state index is 12.4. The second kappa shape index (κ2) is 7.75. The van der Waals surface area contributed by atoms with Crippen LogP contribution in [0, 0.1) is 17.0 Å². The minimum absolute atomic E-state index is 0.0848. The van der Waals surface area contributed by atoms with E-state index in [2.05, 4.69) is 10.3 Å². The van der Waals surface area contributed by atoms with Crippen molar-refractivity contribution in [2.24, 2.45) is 0 Å². The number of hydrogen-bond donors (Lipinski definition) is 1. The van der Waals surface area contributed by atoms with Crippen LogP contribution in [0.1, 0.15) is 21.1 Å². The van der Waals surface area contributed by atoms with Crippen LogP contribution in [0.25, 0.3) is 0 Å². The highest BCUT2D eigenvalue weighted by molar-refractivity contribution is 7.09. The maximum Gasteiger partial charge on any atom is 0.271 e. The Labute approximate surface area is 153 Å². The SMILES string of the molecule is Cc1nc(COc2cccc(C(=O)Nc3cccc([N+](=O)[O-])c3)c2)cs1. The van der Waals surface area contributed by atoms with Gasteiger partial charge >= 0.3 is 0 Å². The standard InChI is InChI=1S/C18H15N3O4S/c1-12-19-15(11-26-12)10-25-17-7-2-4-13(8-17)18(22)20-14-5-3-6-16(9-14)21(23)24/h2-9,11H,10H2,1H3,(H,20,22). The van der Waals surface area contributed by atoms with Gasteiger partial charge in [0.2, 0.25) is 0 Å². The molecule has 0 aliphatic heterocycles. The molecule has 0 radical (unpaired) electrons. The molecule has 26 heavy (non-hydrogen) atoms. The zero-order valence-electron chi connectivity index (χ0n) is 13.8. The fraction of sp³-hybridized carbons (Fsp3) is 0.111. The molecule has 3 aromatic rings. The van der Waals surface area contributed by atoms with E-state index < -0.39 is 4.92 Å². The number of benzene rings is 2. The maximum atomic E-state index is 12.4. The highest BCUT2D eigenvalue weighted by Gasteiger charge is 2.11. The molecule has 0 spiro atoms. The predicted molar refractivity (Wildman–Crippen MR) is 98.7 cm³/mol.